The lowest BCUT2D eigenvalue weighted by Gasteiger charge is -2.40. The maximum atomic E-state index is 6.40. The first kappa shape index (κ1) is 15.0. The van der Waals surface area contributed by atoms with Crippen molar-refractivity contribution < 1.29 is 4.74 Å². The van der Waals surface area contributed by atoms with Crippen LogP contribution in [0.15, 0.2) is 0 Å². The molecule has 0 spiro atoms. The summed E-state index contributed by atoms with van der Waals surface area (Å²) in [5.41, 5.74) is 0.156. The van der Waals surface area contributed by atoms with Gasteiger partial charge in [-0.3, -0.25) is 0 Å². The summed E-state index contributed by atoms with van der Waals surface area (Å²) in [4.78, 5) is 0. The van der Waals surface area contributed by atoms with Crippen molar-refractivity contribution in [1.29, 1.82) is 0 Å². The number of ether oxygens (including phenoxy) is 1. The molecule has 0 aromatic heterocycles. The van der Waals surface area contributed by atoms with Crippen LogP contribution in [0.3, 0.4) is 0 Å². The molecule has 0 heterocycles. The molecule has 0 bridgehead atoms. The third kappa shape index (κ3) is 5.01. The third-order valence-corrected chi connectivity index (χ3v) is 3.55. The molecule has 1 nitrogen and oxygen atoms in total. The molecule has 15 heavy (non-hydrogen) atoms. The molecule has 0 aliphatic carbocycles. The summed E-state index contributed by atoms with van der Waals surface area (Å²) in [6.45, 7) is 13.5. The van der Waals surface area contributed by atoms with Gasteiger partial charge in [-0.25, -0.2) is 0 Å². The van der Waals surface area contributed by atoms with Crippen molar-refractivity contribution in [3.63, 3.8) is 0 Å². The van der Waals surface area contributed by atoms with Crippen molar-refractivity contribution >= 4 is 0 Å². The Labute approximate surface area is 96.6 Å². The summed E-state index contributed by atoms with van der Waals surface area (Å²) in [5, 5.41) is 0. The fourth-order valence-electron chi connectivity index (χ4n) is 2.25. The molecule has 2 atom stereocenters. The Balaban J connectivity index is 4.47. The van der Waals surface area contributed by atoms with Crippen LogP contribution in [0, 0.1) is 0 Å². The van der Waals surface area contributed by atoms with Gasteiger partial charge < -0.3 is 4.74 Å². The van der Waals surface area contributed by atoms with Gasteiger partial charge in [-0.1, -0.05) is 40.5 Å². The van der Waals surface area contributed by atoms with Gasteiger partial charge in [-0.2, -0.15) is 0 Å². The molecule has 0 rings (SSSR count). The van der Waals surface area contributed by atoms with E-state index in [9.17, 15) is 0 Å². The first-order valence-electron chi connectivity index (χ1n) is 6.65. The molecule has 0 radical (unpaired) electrons. The molecular weight excluding hydrogens is 184 g/mol. The van der Waals surface area contributed by atoms with Crippen molar-refractivity contribution in [2.75, 3.05) is 0 Å². The minimum Gasteiger partial charge on any atom is -0.369 e. The van der Waals surface area contributed by atoms with Crippen LogP contribution >= 0.6 is 0 Å². The maximum Gasteiger partial charge on any atom is 0.0659 e. The average molecular weight is 214 g/mol. The van der Waals surface area contributed by atoms with Crippen molar-refractivity contribution in [3.8, 4) is 0 Å². The van der Waals surface area contributed by atoms with Gasteiger partial charge in [0.1, 0.15) is 0 Å². The SMILES string of the molecule is CCCC(C)(CC)OC(C)(CC)CCC. The second-order valence-corrected chi connectivity index (χ2v) is 5.21. The predicted octanol–water partition coefficient (Wildman–Crippen LogP) is 4.94. The van der Waals surface area contributed by atoms with Crippen molar-refractivity contribution in [3.05, 3.63) is 0 Å². The summed E-state index contributed by atoms with van der Waals surface area (Å²) >= 11 is 0. The average Bonchev–Trinajstić information content (AvgIpc) is 2.18. The monoisotopic (exact) mass is 214 g/mol. The van der Waals surface area contributed by atoms with Gasteiger partial charge in [-0.05, 0) is 39.5 Å². The van der Waals surface area contributed by atoms with E-state index >= 15 is 0 Å². The van der Waals surface area contributed by atoms with E-state index in [2.05, 4.69) is 41.5 Å². The molecule has 1 heteroatoms. The quantitative estimate of drug-likeness (QED) is 0.556. The molecule has 2 unspecified atom stereocenters. The molecule has 0 N–H and O–H groups in total. The summed E-state index contributed by atoms with van der Waals surface area (Å²) in [6, 6.07) is 0. The van der Waals surface area contributed by atoms with Gasteiger partial charge in [0.2, 0.25) is 0 Å². The van der Waals surface area contributed by atoms with Crippen LogP contribution in [0.2, 0.25) is 0 Å². The summed E-state index contributed by atoms with van der Waals surface area (Å²) in [5.74, 6) is 0. The number of hydrogen-bond donors (Lipinski definition) is 0. The highest BCUT2D eigenvalue weighted by Crippen LogP contribution is 2.32. The van der Waals surface area contributed by atoms with Crippen LogP contribution in [0.5, 0.6) is 0 Å². The van der Waals surface area contributed by atoms with Crippen LogP contribution in [0.1, 0.15) is 80.1 Å². The number of hydrogen-bond acceptors (Lipinski definition) is 1. The van der Waals surface area contributed by atoms with E-state index in [0.717, 1.165) is 12.8 Å². The van der Waals surface area contributed by atoms with E-state index in [0.29, 0.717) is 0 Å². The largest absolute Gasteiger partial charge is 0.369 e. The second kappa shape index (κ2) is 6.52. The van der Waals surface area contributed by atoms with E-state index in [1.54, 1.807) is 0 Å². The van der Waals surface area contributed by atoms with Gasteiger partial charge in [-0.15, -0.1) is 0 Å². The van der Waals surface area contributed by atoms with E-state index in [-0.39, 0.29) is 11.2 Å². The number of rotatable bonds is 8. The van der Waals surface area contributed by atoms with E-state index in [1.165, 1.54) is 25.7 Å². The standard InChI is InChI=1S/C14H30O/c1-7-11-13(5,9-3)15-14(6,10-4)12-8-2/h7-12H2,1-6H3. The highest BCUT2D eigenvalue weighted by atomic mass is 16.5. The van der Waals surface area contributed by atoms with Gasteiger partial charge in [0.05, 0.1) is 11.2 Å². The van der Waals surface area contributed by atoms with Crippen molar-refractivity contribution in [2.24, 2.45) is 0 Å². The molecule has 0 aliphatic rings. The van der Waals surface area contributed by atoms with Crippen molar-refractivity contribution in [1.82, 2.24) is 0 Å². The molecule has 0 fully saturated rings. The summed E-state index contributed by atoms with van der Waals surface area (Å²) < 4.78 is 6.40. The minimum atomic E-state index is 0.0781. The van der Waals surface area contributed by atoms with Crippen LogP contribution in [0.4, 0.5) is 0 Å². The second-order valence-electron chi connectivity index (χ2n) is 5.21. The van der Waals surface area contributed by atoms with Crippen LogP contribution in [-0.4, -0.2) is 11.2 Å². The molecule has 0 aromatic carbocycles. The fraction of sp³-hybridized carbons (Fsp3) is 1.00. The zero-order valence-electron chi connectivity index (χ0n) is 11.7. The molecule has 0 amide bonds. The van der Waals surface area contributed by atoms with Gasteiger partial charge in [0, 0.05) is 0 Å². The predicted molar refractivity (Wildman–Crippen MR) is 68.3 cm³/mol. The van der Waals surface area contributed by atoms with Gasteiger partial charge in [0.15, 0.2) is 0 Å². The molecule has 0 saturated heterocycles. The fourth-order valence-corrected chi connectivity index (χ4v) is 2.25. The smallest absolute Gasteiger partial charge is 0.0659 e. The Bertz CT molecular complexity index is 149. The Hall–Kier alpha value is -0.0400. The molecule has 0 aromatic rings. The van der Waals surface area contributed by atoms with Crippen molar-refractivity contribution in [2.45, 2.75) is 91.3 Å². The lowest BCUT2D eigenvalue weighted by molar-refractivity contribution is -0.151. The van der Waals surface area contributed by atoms with Gasteiger partial charge in [0.25, 0.3) is 0 Å². The Morgan fingerprint density at radius 2 is 1.07 bits per heavy atom. The zero-order chi connectivity index (χ0) is 11.9. The highest BCUT2D eigenvalue weighted by molar-refractivity contribution is 4.81. The molecule has 0 aliphatic heterocycles. The first-order chi connectivity index (χ1) is 6.95. The van der Waals surface area contributed by atoms with Crippen LogP contribution in [0.25, 0.3) is 0 Å². The maximum absolute atomic E-state index is 6.40. The molecule has 92 valence electrons. The lowest BCUT2D eigenvalue weighted by atomic mass is 9.91. The first-order valence-corrected chi connectivity index (χ1v) is 6.65. The zero-order valence-corrected chi connectivity index (χ0v) is 11.7. The molecule has 0 saturated carbocycles. The topological polar surface area (TPSA) is 9.23 Å². The Morgan fingerprint density at radius 1 is 0.733 bits per heavy atom. The van der Waals surface area contributed by atoms with E-state index < -0.39 is 0 Å². The third-order valence-electron chi connectivity index (χ3n) is 3.55. The highest BCUT2D eigenvalue weighted by Gasteiger charge is 2.32. The van der Waals surface area contributed by atoms with Gasteiger partial charge >= 0.3 is 0 Å². The minimum absolute atomic E-state index is 0.0781. The van der Waals surface area contributed by atoms with Crippen LogP contribution in [-0.2, 0) is 4.74 Å². The van der Waals surface area contributed by atoms with E-state index in [1.807, 2.05) is 0 Å². The lowest BCUT2D eigenvalue weighted by Crippen LogP contribution is -2.40. The van der Waals surface area contributed by atoms with Crippen LogP contribution < -0.4 is 0 Å². The normalized spacial score (nSPS) is 19.6. The van der Waals surface area contributed by atoms with E-state index in [4.69, 9.17) is 4.74 Å². The molecular formula is C14H30O. The Morgan fingerprint density at radius 3 is 1.27 bits per heavy atom. The Kier molecular flexibility index (Phi) is 6.51. The summed E-state index contributed by atoms with van der Waals surface area (Å²) in [7, 11) is 0. The summed E-state index contributed by atoms with van der Waals surface area (Å²) in [6.07, 6.45) is 6.97.